The number of benzene rings is 6. The van der Waals surface area contributed by atoms with Gasteiger partial charge in [-0.15, -0.1) is 0 Å². The van der Waals surface area contributed by atoms with E-state index in [1.807, 2.05) is 6.20 Å². The zero-order valence-corrected chi connectivity index (χ0v) is 62.9. The largest absolute Gasteiger partial charge is 0.496 e. The molecule has 514 valence electrons. The Hall–Kier alpha value is -5.92. The maximum Gasteiger partial charge on any atom is 0.496 e. The highest BCUT2D eigenvalue weighted by Gasteiger charge is 2.63. The Morgan fingerprint density at radius 1 is 0.347 bits per heavy atom. The average molecular weight is 1370 g/mol. The summed E-state index contributed by atoms with van der Waals surface area (Å²) in [5.41, 5.74) is 27.0. The van der Waals surface area contributed by atoms with Gasteiger partial charge >= 0.3 is 7.12 Å². The molecule has 6 heteroatoms. The van der Waals surface area contributed by atoms with Crippen LogP contribution in [0.2, 0.25) is 0 Å². The highest BCUT2D eigenvalue weighted by Crippen LogP contribution is 2.71. The number of rotatable bonds is 24. The number of aromatic nitrogens is 2. The monoisotopic (exact) mass is 1370 g/mol. The van der Waals surface area contributed by atoms with Gasteiger partial charge in [-0.25, -0.2) is 0 Å². The van der Waals surface area contributed by atoms with Crippen LogP contribution in [-0.4, -0.2) is 28.3 Å². The number of fused-ring (bicyclic) bond motifs is 6. The molecule has 0 radical (unpaired) electrons. The molecule has 4 nitrogen and oxygen atoms in total. The van der Waals surface area contributed by atoms with Crippen LogP contribution in [0.5, 0.6) is 0 Å². The molecule has 2 aromatic heterocycles. The predicted octanol–water partition coefficient (Wildman–Crippen LogP) is 25.5. The first kappa shape index (κ1) is 70.5. The standard InChI is InChI=1S/C43H51N.C31H34BNO2.C18H29Br/c1-3-5-7-9-15-32-27-33(16-10-8-6-4-2)29-36(28-32)35-20-22-41(44-31-35)34-19-21-38-37-17-11-12-18-39(37)42-23-13-25-43(42,26-14-24-42)40(38)30-34;1-28(2)29(3,4)35-32(34-28)22-12-14-27(33-20-22)21-11-13-24-23-9-5-6-10-25(23)30-15-7-17-31(30,18-8-16-30)26(24)19-21;1-3-5-7-9-11-16-13-17(15-18(19)14-16)12-10-8-6-4-2/h11-12,17-22,27-31H,3-10,13-16,23-26H2,1-2H3;5-6,9-14,19-20H,7-8,15-18H2,1-4H3;13-15H,3-12H2,1-2H3. The van der Waals surface area contributed by atoms with E-state index < -0.39 is 0 Å². The first-order chi connectivity index (χ1) is 47.7. The van der Waals surface area contributed by atoms with Crippen LogP contribution >= 0.6 is 15.9 Å². The van der Waals surface area contributed by atoms with Crippen molar-refractivity contribution in [1.29, 1.82) is 0 Å². The highest BCUT2D eigenvalue weighted by atomic mass is 79.9. The molecule has 0 bridgehead atoms. The van der Waals surface area contributed by atoms with Gasteiger partial charge in [0.15, 0.2) is 0 Å². The van der Waals surface area contributed by atoms with Crippen molar-refractivity contribution in [2.75, 3.05) is 0 Å². The SMILES string of the molecule is CC1(C)OB(c2ccc(-c3ccc4c(c3)C35CCCC3(CCC5)c3ccccc3-4)nc2)OC1(C)C.CCCCCCc1cc(Br)cc(CCCCCC)c1.CCCCCCc1cc(CCCCCC)cc(-c2ccc(-c3ccc4c(c3)C35CCCC3(CCC5)c3ccccc3-4)nc2)c1. The van der Waals surface area contributed by atoms with Gasteiger partial charge in [0.1, 0.15) is 0 Å². The first-order valence-corrected chi connectivity index (χ1v) is 40.2. The molecule has 6 aromatic carbocycles. The molecule has 3 heterocycles. The minimum atomic E-state index is -0.377. The molecule has 0 amide bonds. The molecule has 5 fully saturated rings. The van der Waals surface area contributed by atoms with Crippen molar-refractivity contribution in [3.63, 3.8) is 0 Å². The molecular weight excluding hydrogens is 1260 g/mol. The predicted molar refractivity (Wildman–Crippen MR) is 419 cm³/mol. The number of nitrogens with zero attached hydrogens (tertiary/aromatic N) is 2. The van der Waals surface area contributed by atoms with Gasteiger partial charge in [0.25, 0.3) is 0 Å². The molecule has 98 heavy (non-hydrogen) atoms. The van der Waals surface area contributed by atoms with E-state index in [4.69, 9.17) is 19.3 Å². The lowest BCUT2D eigenvalue weighted by Gasteiger charge is -2.48. The van der Waals surface area contributed by atoms with Crippen molar-refractivity contribution in [2.45, 2.75) is 294 Å². The molecule has 7 aliphatic rings. The summed E-state index contributed by atoms with van der Waals surface area (Å²) in [6.45, 7) is 17.5. The van der Waals surface area contributed by atoms with Crippen molar-refractivity contribution in [2.24, 2.45) is 0 Å². The van der Waals surface area contributed by atoms with Crippen molar-refractivity contribution in [3.05, 3.63) is 207 Å². The van der Waals surface area contributed by atoms with E-state index in [1.165, 1.54) is 277 Å². The third-order valence-corrected chi connectivity index (χ3v) is 26.0. The molecule has 8 aromatic rings. The second kappa shape index (κ2) is 30.7. The minimum absolute atomic E-state index is 0.287. The molecule has 0 unspecified atom stereocenters. The van der Waals surface area contributed by atoms with Crippen LogP contribution in [0.25, 0.3) is 55.9 Å². The third-order valence-electron chi connectivity index (χ3n) is 25.5. The van der Waals surface area contributed by atoms with E-state index in [-0.39, 0.29) is 23.7 Å². The number of aryl methyl sites for hydroxylation is 4. The zero-order chi connectivity index (χ0) is 68.0. The Bertz CT molecular complexity index is 3910. The van der Waals surface area contributed by atoms with Crippen LogP contribution in [0.1, 0.15) is 280 Å². The van der Waals surface area contributed by atoms with Gasteiger partial charge in [-0.05, 0) is 239 Å². The zero-order valence-electron chi connectivity index (χ0n) is 61.3. The van der Waals surface area contributed by atoms with E-state index in [1.54, 1.807) is 22.3 Å². The van der Waals surface area contributed by atoms with E-state index in [0.29, 0.717) is 16.2 Å². The Balaban J connectivity index is 0.000000143. The fourth-order valence-electron chi connectivity index (χ4n) is 19.9. The summed E-state index contributed by atoms with van der Waals surface area (Å²) in [6.07, 6.45) is 46.2. The number of unbranched alkanes of at least 4 members (excludes halogenated alkanes) is 12. The number of hydrogen-bond donors (Lipinski definition) is 0. The molecule has 6 aliphatic carbocycles. The molecule has 0 N–H and O–H groups in total. The van der Waals surface area contributed by atoms with Crippen LogP contribution in [-0.2, 0) is 56.7 Å². The number of hydrogen-bond acceptors (Lipinski definition) is 4. The van der Waals surface area contributed by atoms with Crippen LogP contribution in [0, 0.1) is 0 Å². The van der Waals surface area contributed by atoms with Crippen molar-refractivity contribution in [1.82, 2.24) is 9.97 Å². The summed E-state index contributed by atoms with van der Waals surface area (Å²) < 4.78 is 13.7. The molecular formula is C92H114BBrN2O2. The lowest BCUT2D eigenvalue weighted by atomic mass is 9.55. The van der Waals surface area contributed by atoms with Crippen LogP contribution in [0.4, 0.5) is 0 Å². The van der Waals surface area contributed by atoms with E-state index in [2.05, 4.69) is 223 Å². The van der Waals surface area contributed by atoms with E-state index in [0.717, 1.165) is 16.9 Å². The Kier molecular flexibility index (Phi) is 22.1. The quantitative estimate of drug-likeness (QED) is 0.0447. The molecule has 15 rings (SSSR count). The molecule has 0 atom stereocenters. The summed E-state index contributed by atoms with van der Waals surface area (Å²) in [4.78, 5) is 10.0. The Labute approximate surface area is 600 Å². The lowest BCUT2D eigenvalue weighted by Crippen LogP contribution is -2.43. The maximum atomic E-state index is 6.23. The molecule has 1 saturated heterocycles. The van der Waals surface area contributed by atoms with E-state index in [9.17, 15) is 0 Å². The summed E-state index contributed by atoms with van der Waals surface area (Å²) in [5.74, 6) is 0. The molecule has 1 aliphatic heterocycles. The smallest absolute Gasteiger partial charge is 0.399 e. The van der Waals surface area contributed by atoms with Crippen molar-refractivity contribution in [3.8, 4) is 55.9 Å². The number of halogens is 1. The first-order valence-electron chi connectivity index (χ1n) is 39.4. The Morgan fingerprint density at radius 3 is 1.08 bits per heavy atom. The summed E-state index contributed by atoms with van der Waals surface area (Å²) >= 11 is 3.66. The van der Waals surface area contributed by atoms with Crippen LogP contribution < -0.4 is 5.46 Å². The summed E-state index contributed by atoms with van der Waals surface area (Å²) in [7, 11) is -0.377. The second-order valence-electron chi connectivity index (χ2n) is 32.1. The van der Waals surface area contributed by atoms with Gasteiger partial charge < -0.3 is 9.31 Å². The van der Waals surface area contributed by atoms with Crippen molar-refractivity contribution >= 4 is 28.5 Å². The van der Waals surface area contributed by atoms with Gasteiger partial charge in [-0.3, -0.25) is 9.97 Å². The average Bonchev–Trinajstić information content (AvgIpc) is 1.48. The number of pyridine rings is 2. The maximum absolute atomic E-state index is 6.23. The van der Waals surface area contributed by atoms with Crippen LogP contribution in [0.15, 0.2) is 162 Å². The van der Waals surface area contributed by atoms with Gasteiger partial charge in [-0.1, -0.05) is 256 Å². The fourth-order valence-corrected chi connectivity index (χ4v) is 20.5. The second-order valence-corrected chi connectivity index (χ2v) is 33.0. The molecule has 0 spiro atoms. The van der Waals surface area contributed by atoms with Crippen molar-refractivity contribution < 1.29 is 9.31 Å². The van der Waals surface area contributed by atoms with Gasteiger partial charge in [-0.2, -0.15) is 0 Å². The van der Waals surface area contributed by atoms with Gasteiger partial charge in [0.05, 0.1) is 22.6 Å². The third kappa shape index (κ3) is 13.9. The fraction of sp³-hybridized carbons (Fsp3) is 0.500. The lowest BCUT2D eigenvalue weighted by molar-refractivity contribution is 0.00578. The normalized spacial score (nSPS) is 22.3. The van der Waals surface area contributed by atoms with Gasteiger partial charge in [0, 0.05) is 60.7 Å². The summed E-state index contributed by atoms with van der Waals surface area (Å²) in [5, 5.41) is 0. The van der Waals surface area contributed by atoms with Crippen LogP contribution in [0.3, 0.4) is 0 Å². The summed E-state index contributed by atoms with van der Waals surface area (Å²) in [6, 6.07) is 56.2. The Morgan fingerprint density at radius 2 is 0.704 bits per heavy atom. The topological polar surface area (TPSA) is 44.2 Å². The van der Waals surface area contributed by atoms with E-state index >= 15 is 0 Å². The minimum Gasteiger partial charge on any atom is -0.399 e. The highest BCUT2D eigenvalue weighted by molar-refractivity contribution is 9.10. The van der Waals surface area contributed by atoms with Gasteiger partial charge in [0.2, 0.25) is 0 Å². The molecule has 4 saturated carbocycles.